The zero-order valence-electron chi connectivity index (χ0n) is 13.8. The quantitative estimate of drug-likeness (QED) is 0.529. The molecule has 0 spiro atoms. The van der Waals surface area contributed by atoms with Crippen molar-refractivity contribution in [3.63, 3.8) is 0 Å². The van der Waals surface area contributed by atoms with E-state index in [1.807, 2.05) is 30.3 Å². The van der Waals surface area contributed by atoms with E-state index in [9.17, 15) is 4.79 Å². The van der Waals surface area contributed by atoms with E-state index in [1.54, 1.807) is 30.7 Å². The summed E-state index contributed by atoms with van der Waals surface area (Å²) in [6.07, 6.45) is 6.65. The lowest BCUT2D eigenvalue weighted by Gasteiger charge is -2.06. The van der Waals surface area contributed by atoms with Gasteiger partial charge in [0.25, 0.3) is 5.91 Å². The number of anilines is 1. The average Bonchev–Trinajstić information content (AvgIpc) is 3.10. The molecular weight excluding hydrogens is 328 g/mol. The van der Waals surface area contributed by atoms with Crippen LogP contribution in [0.1, 0.15) is 15.9 Å². The number of rotatable bonds is 4. The predicted molar refractivity (Wildman–Crippen MR) is 99.6 cm³/mol. The van der Waals surface area contributed by atoms with Gasteiger partial charge in [-0.25, -0.2) is 4.98 Å². The molecule has 0 bridgehead atoms. The van der Waals surface area contributed by atoms with Crippen LogP contribution in [-0.2, 0) is 6.61 Å². The highest BCUT2D eigenvalue weighted by molar-refractivity contribution is 6.08. The maximum absolute atomic E-state index is 12.4. The van der Waals surface area contributed by atoms with E-state index in [0.717, 1.165) is 22.1 Å². The van der Waals surface area contributed by atoms with Gasteiger partial charge in [-0.3, -0.25) is 9.78 Å². The summed E-state index contributed by atoms with van der Waals surface area (Å²) in [6, 6.07) is 13.0. The summed E-state index contributed by atoms with van der Waals surface area (Å²) in [4.78, 5) is 23.8. The number of carbonyl (C=O) groups is 1. The summed E-state index contributed by atoms with van der Waals surface area (Å²) < 4.78 is 0. The van der Waals surface area contributed by atoms with E-state index < -0.39 is 0 Å². The molecule has 4 rings (SSSR count). The molecule has 0 atom stereocenters. The second-order valence-corrected chi connectivity index (χ2v) is 5.87. The molecular formula is C20H16N4O2. The number of aliphatic hydroxyl groups excluding tert-OH is 1. The van der Waals surface area contributed by atoms with Crippen LogP contribution >= 0.6 is 0 Å². The second kappa shape index (κ2) is 6.78. The summed E-state index contributed by atoms with van der Waals surface area (Å²) in [5.74, 6) is -0.225. The van der Waals surface area contributed by atoms with Crippen LogP contribution in [-0.4, -0.2) is 26.0 Å². The first-order chi connectivity index (χ1) is 12.7. The number of nitrogens with one attached hydrogen (secondary N) is 2. The lowest BCUT2D eigenvalue weighted by atomic mass is 10.0. The Morgan fingerprint density at radius 2 is 1.96 bits per heavy atom. The predicted octanol–water partition coefficient (Wildman–Crippen LogP) is 3.37. The Labute approximate surface area is 149 Å². The molecule has 0 radical (unpaired) electrons. The van der Waals surface area contributed by atoms with Crippen LogP contribution in [0.25, 0.3) is 22.2 Å². The van der Waals surface area contributed by atoms with E-state index in [-0.39, 0.29) is 12.5 Å². The molecule has 3 aromatic heterocycles. The highest BCUT2D eigenvalue weighted by Crippen LogP contribution is 2.28. The summed E-state index contributed by atoms with van der Waals surface area (Å²) in [7, 11) is 0. The van der Waals surface area contributed by atoms with E-state index in [0.29, 0.717) is 16.9 Å². The molecule has 26 heavy (non-hydrogen) atoms. The number of hydrogen-bond donors (Lipinski definition) is 3. The number of hydrogen-bond acceptors (Lipinski definition) is 4. The molecule has 1 aromatic carbocycles. The zero-order chi connectivity index (χ0) is 17.9. The lowest BCUT2D eigenvalue weighted by molar-refractivity contribution is 0.102. The molecule has 4 aromatic rings. The van der Waals surface area contributed by atoms with Crippen molar-refractivity contribution in [1.29, 1.82) is 0 Å². The summed E-state index contributed by atoms with van der Waals surface area (Å²) in [6.45, 7) is 0.0138. The third kappa shape index (κ3) is 3.05. The van der Waals surface area contributed by atoms with Crippen LogP contribution in [0.5, 0.6) is 0 Å². The topological polar surface area (TPSA) is 90.9 Å². The van der Waals surface area contributed by atoms with Crippen molar-refractivity contribution < 1.29 is 9.90 Å². The van der Waals surface area contributed by atoms with Crippen molar-refractivity contribution in [3.05, 3.63) is 78.4 Å². The van der Waals surface area contributed by atoms with Gasteiger partial charge in [0.1, 0.15) is 5.65 Å². The largest absolute Gasteiger partial charge is 0.392 e. The number of aromatic nitrogens is 3. The van der Waals surface area contributed by atoms with Gasteiger partial charge in [-0.1, -0.05) is 24.3 Å². The van der Waals surface area contributed by atoms with Crippen LogP contribution in [0.4, 0.5) is 5.69 Å². The molecule has 3 heterocycles. The minimum absolute atomic E-state index is 0.0138. The van der Waals surface area contributed by atoms with Gasteiger partial charge in [0.15, 0.2) is 0 Å². The van der Waals surface area contributed by atoms with Crippen molar-refractivity contribution >= 4 is 22.6 Å². The van der Waals surface area contributed by atoms with Crippen molar-refractivity contribution in [2.75, 3.05) is 5.32 Å². The molecule has 0 unspecified atom stereocenters. The Hall–Kier alpha value is -3.51. The Balaban J connectivity index is 1.67. The van der Waals surface area contributed by atoms with E-state index in [4.69, 9.17) is 5.11 Å². The van der Waals surface area contributed by atoms with Crippen LogP contribution in [0, 0.1) is 0 Å². The number of H-pyrrole nitrogens is 1. The smallest absolute Gasteiger partial charge is 0.257 e. The molecule has 6 heteroatoms. The number of aromatic amines is 1. The highest BCUT2D eigenvalue weighted by Gasteiger charge is 2.11. The normalized spacial score (nSPS) is 10.8. The zero-order valence-corrected chi connectivity index (χ0v) is 13.8. The third-order valence-corrected chi connectivity index (χ3v) is 4.17. The Morgan fingerprint density at radius 1 is 1.12 bits per heavy atom. The van der Waals surface area contributed by atoms with Crippen LogP contribution in [0.3, 0.4) is 0 Å². The molecule has 6 nitrogen and oxygen atoms in total. The minimum Gasteiger partial charge on any atom is -0.392 e. The number of amides is 1. The number of aliphatic hydroxyl groups is 1. The van der Waals surface area contributed by atoms with Crippen molar-refractivity contribution in [3.8, 4) is 11.1 Å². The van der Waals surface area contributed by atoms with Crippen molar-refractivity contribution in [2.45, 2.75) is 6.61 Å². The number of pyridine rings is 2. The first-order valence-corrected chi connectivity index (χ1v) is 8.13. The van der Waals surface area contributed by atoms with Crippen LogP contribution in [0.2, 0.25) is 0 Å². The molecule has 3 N–H and O–H groups in total. The molecule has 0 fully saturated rings. The molecule has 0 saturated carbocycles. The average molecular weight is 344 g/mol. The Kier molecular flexibility index (Phi) is 4.17. The van der Waals surface area contributed by atoms with E-state index >= 15 is 0 Å². The van der Waals surface area contributed by atoms with Gasteiger partial charge in [-0.05, 0) is 29.3 Å². The monoisotopic (exact) mass is 344 g/mol. The third-order valence-electron chi connectivity index (χ3n) is 4.17. The molecule has 0 aliphatic rings. The Morgan fingerprint density at radius 3 is 2.69 bits per heavy atom. The van der Waals surface area contributed by atoms with Gasteiger partial charge < -0.3 is 15.4 Å². The highest BCUT2D eigenvalue weighted by atomic mass is 16.3. The Bertz CT molecular complexity index is 1060. The van der Waals surface area contributed by atoms with E-state index in [1.165, 1.54) is 6.20 Å². The lowest BCUT2D eigenvalue weighted by Crippen LogP contribution is -2.11. The molecule has 0 aliphatic heterocycles. The van der Waals surface area contributed by atoms with Gasteiger partial charge >= 0.3 is 0 Å². The fourth-order valence-corrected chi connectivity index (χ4v) is 2.76. The number of benzene rings is 1. The first kappa shape index (κ1) is 16.0. The van der Waals surface area contributed by atoms with Gasteiger partial charge in [0, 0.05) is 35.7 Å². The number of nitrogens with zero attached hydrogens (tertiary/aromatic N) is 2. The number of fused-ring (bicyclic) bond motifs is 1. The van der Waals surface area contributed by atoms with Crippen LogP contribution < -0.4 is 5.32 Å². The second-order valence-electron chi connectivity index (χ2n) is 5.87. The summed E-state index contributed by atoms with van der Waals surface area (Å²) in [5.41, 5.74) is 4.62. The molecule has 128 valence electrons. The van der Waals surface area contributed by atoms with Gasteiger partial charge in [-0.15, -0.1) is 0 Å². The van der Waals surface area contributed by atoms with Gasteiger partial charge in [-0.2, -0.15) is 0 Å². The SMILES string of the molecule is O=C(Nc1c[nH]c2ncc(-c3ccc(CO)cc3)cc12)c1cccnc1. The fourth-order valence-electron chi connectivity index (χ4n) is 2.76. The molecule has 1 amide bonds. The minimum atomic E-state index is -0.225. The summed E-state index contributed by atoms with van der Waals surface area (Å²) >= 11 is 0. The summed E-state index contributed by atoms with van der Waals surface area (Å²) in [5, 5.41) is 12.9. The van der Waals surface area contributed by atoms with Crippen molar-refractivity contribution in [2.24, 2.45) is 0 Å². The van der Waals surface area contributed by atoms with Crippen molar-refractivity contribution in [1.82, 2.24) is 15.0 Å². The maximum Gasteiger partial charge on any atom is 0.257 e. The van der Waals surface area contributed by atoms with Gasteiger partial charge in [0.05, 0.1) is 17.9 Å². The number of carbonyl (C=O) groups excluding carboxylic acids is 1. The first-order valence-electron chi connectivity index (χ1n) is 8.13. The van der Waals surface area contributed by atoms with E-state index in [2.05, 4.69) is 20.3 Å². The molecule has 0 saturated heterocycles. The van der Waals surface area contributed by atoms with Gasteiger partial charge in [0.2, 0.25) is 0 Å². The molecule has 0 aliphatic carbocycles. The standard InChI is InChI=1S/C20H16N4O2/c25-12-13-3-5-14(6-4-13)16-8-17-18(11-23-19(17)22-10-16)24-20(26)15-2-1-7-21-9-15/h1-11,25H,12H2,(H,22,23)(H,24,26). The fraction of sp³-hybridized carbons (Fsp3) is 0.0500. The van der Waals surface area contributed by atoms with Crippen LogP contribution in [0.15, 0.2) is 67.3 Å². The maximum atomic E-state index is 12.4.